The molecule has 1 nitrogen and oxygen atoms in total. The molecule has 1 unspecified atom stereocenters. The summed E-state index contributed by atoms with van der Waals surface area (Å²) in [6, 6.07) is 7.91. The minimum Gasteiger partial charge on any atom is -0.192 e. The van der Waals surface area contributed by atoms with Crippen LogP contribution in [-0.2, 0) is 0 Å². The molecule has 0 heterocycles. The van der Waals surface area contributed by atoms with Crippen molar-refractivity contribution in [2.45, 2.75) is 6.92 Å². The van der Waals surface area contributed by atoms with Gasteiger partial charge in [0.05, 0.1) is 11.6 Å². The van der Waals surface area contributed by atoms with Gasteiger partial charge in [0.2, 0.25) is 0 Å². The predicted octanol–water partition coefficient (Wildman–Crippen LogP) is 1.37. The Kier molecular flexibility index (Phi) is 2.04. The second kappa shape index (κ2) is 2.82. The molecule has 0 saturated carbocycles. The van der Waals surface area contributed by atoms with Crippen LogP contribution in [0.1, 0.15) is 11.1 Å². The highest BCUT2D eigenvalue weighted by molar-refractivity contribution is 7.27. The zero-order valence-corrected chi connectivity index (χ0v) is 6.91. The van der Waals surface area contributed by atoms with Crippen molar-refractivity contribution in [3.05, 3.63) is 29.3 Å². The lowest BCUT2D eigenvalue weighted by atomic mass is 10.2. The normalized spacial score (nSPS) is 8.90. The van der Waals surface area contributed by atoms with Gasteiger partial charge in [0.15, 0.2) is 0 Å². The fourth-order valence-corrected chi connectivity index (χ4v) is 1.01. The summed E-state index contributed by atoms with van der Waals surface area (Å²) in [5, 5.41) is 9.55. The molecule has 0 aliphatic rings. The molecule has 1 atom stereocenters. The second-order valence-corrected chi connectivity index (χ2v) is 2.82. The minimum atomic E-state index is 0.741. The number of rotatable bonds is 0. The van der Waals surface area contributed by atoms with Crippen LogP contribution in [0.3, 0.4) is 0 Å². The van der Waals surface area contributed by atoms with Crippen molar-refractivity contribution in [3.8, 4) is 6.07 Å². The molecule has 0 amide bonds. The molecule has 0 spiro atoms. The van der Waals surface area contributed by atoms with E-state index < -0.39 is 0 Å². The summed E-state index contributed by atoms with van der Waals surface area (Å²) in [6.45, 7) is 1.98. The molecule has 0 saturated heterocycles. The van der Waals surface area contributed by atoms with Gasteiger partial charge < -0.3 is 0 Å². The highest BCUT2D eigenvalue weighted by atomic mass is 31.0. The summed E-state index contributed by atoms with van der Waals surface area (Å²) in [5.74, 6) is 0. The fraction of sp³-hybridized carbons (Fsp3) is 0.125. The van der Waals surface area contributed by atoms with Crippen LogP contribution >= 0.6 is 9.24 Å². The van der Waals surface area contributed by atoms with Crippen LogP contribution in [0.25, 0.3) is 0 Å². The summed E-state index contributed by atoms with van der Waals surface area (Å²) in [7, 11) is 2.53. The third-order valence-electron chi connectivity index (χ3n) is 1.33. The highest BCUT2D eigenvalue weighted by Crippen LogP contribution is 2.02. The quantitative estimate of drug-likeness (QED) is 0.511. The van der Waals surface area contributed by atoms with E-state index >= 15 is 0 Å². The van der Waals surface area contributed by atoms with Gasteiger partial charge in [-0.1, -0.05) is 12.1 Å². The van der Waals surface area contributed by atoms with E-state index in [2.05, 4.69) is 15.3 Å². The van der Waals surface area contributed by atoms with E-state index in [1.54, 1.807) is 0 Å². The lowest BCUT2D eigenvalue weighted by Gasteiger charge is -1.95. The van der Waals surface area contributed by atoms with Crippen molar-refractivity contribution in [3.63, 3.8) is 0 Å². The van der Waals surface area contributed by atoms with Gasteiger partial charge in [-0.15, -0.1) is 9.24 Å². The molecule has 0 fully saturated rings. The molecule has 1 aromatic rings. The number of benzene rings is 1. The minimum absolute atomic E-state index is 0.741. The van der Waals surface area contributed by atoms with Crippen molar-refractivity contribution in [2.75, 3.05) is 0 Å². The Morgan fingerprint density at radius 1 is 1.50 bits per heavy atom. The van der Waals surface area contributed by atoms with Crippen molar-refractivity contribution >= 4 is 14.5 Å². The van der Waals surface area contributed by atoms with Crippen LogP contribution in [0, 0.1) is 18.3 Å². The van der Waals surface area contributed by atoms with Crippen LogP contribution in [0.2, 0.25) is 0 Å². The number of hydrogen-bond donors (Lipinski definition) is 0. The molecule has 0 aromatic heterocycles. The maximum Gasteiger partial charge on any atom is 0.0998 e. The predicted molar refractivity (Wildman–Crippen MR) is 45.2 cm³/mol. The zero-order valence-electron chi connectivity index (χ0n) is 5.76. The third kappa shape index (κ3) is 1.35. The maximum absolute atomic E-state index is 8.58. The number of nitrogens with zero attached hydrogens (tertiary/aromatic N) is 1. The third-order valence-corrected chi connectivity index (χ3v) is 1.83. The van der Waals surface area contributed by atoms with Gasteiger partial charge in [-0.05, 0) is 23.9 Å². The smallest absolute Gasteiger partial charge is 0.0998 e. The Balaban J connectivity index is 3.25. The number of nitriles is 1. The van der Waals surface area contributed by atoms with E-state index in [1.807, 2.05) is 25.1 Å². The summed E-state index contributed by atoms with van der Waals surface area (Å²) in [5.41, 5.74) is 1.87. The highest BCUT2D eigenvalue weighted by Gasteiger charge is 1.94. The summed E-state index contributed by atoms with van der Waals surface area (Å²) in [4.78, 5) is 0. The summed E-state index contributed by atoms with van der Waals surface area (Å²) in [6.07, 6.45) is 0. The van der Waals surface area contributed by atoms with E-state index in [9.17, 15) is 0 Å². The van der Waals surface area contributed by atoms with Crippen molar-refractivity contribution in [1.82, 2.24) is 0 Å². The Morgan fingerprint density at radius 2 is 2.20 bits per heavy atom. The lowest BCUT2D eigenvalue weighted by molar-refractivity contribution is 1.44. The maximum atomic E-state index is 8.58. The molecule has 0 aliphatic heterocycles. The van der Waals surface area contributed by atoms with E-state index in [-0.39, 0.29) is 0 Å². The van der Waals surface area contributed by atoms with Crippen LogP contribution in [0.4, 0.5) is 0 Å². The van der Waals surface area contributed by atoms with Gasteiger partial charge in [-0.3, -0.25) is 0 Å². The zero-order chi connectivity index (χ0) is 7.56. The first kappa shape index (κ1) is 7.25. The molecular formula is C8H8NP. The largest absolute Gasteiger partial charge is 0.192 e. The van der Waals surface area contributed by atoms with Crippen LogP contribution in [-0.4, -0.2) is 0 Å². The van der Waals surface area contributed by atoms with E-state index in [1.165, 1.54) is 0 Å². The monoisotopic (exact) mass is 149 g/mol. The Hall–Kier alpha value is -0.860. The molecule has 2 heteroatoms. The van der Waals surface area contributed by atoms with Crippen LogP contribution in [0.15, 0.2) is 18.2 Å². The van der Waals surface area contributed by atoms with E-state index in [0.29, 0.717) is 0 Å². The van der Waals surface area contributed by atoms with Crippen molar-refractivity contribution in [1.29, 1.82) is 5.26 Å². The average molecular weight is 149 g/mol. The molecule has 0 N–H and O–H groups in total. The molecular weight excluding hydrogens is 141 g/mol. The topological polar surface area (TPSA) is 23.8 Å². The number of hydrogen-bond acceptors (Lipinski definition) is 1. The van der Waals surface area contributed by atoms with Gasteiger partial charge in [0.1, 0.15) is 0 Å². The van der Waals surface area contributed by atoms with Gasteiger partial charge in [0.25, 0.3) is 0 Å². The van der Waals surface area contributed by atoms with Gasteiger partial charge >= 0.3 is 0 Å². The molecule has 0 bridgehead atoms. The average Bonchev–Trinajstić information content (AvgIpc) is 1.94. The van der Waals surface area contributed by atoms with E-state index in [0.717, 1.165) is 16.4 Å². The van der Waals surface area contributed by atoms with Gasteiger partial charge in [-0.25, -0.2) is 0 Å². The number of aryl methyl sites for hydroxylation is 1. The Morgan fingerprint density at radius 3 is 2.70 bits per heavy atom. The Labute approximate surface area is 62.9 Å². The molecule has 0 radical (unpaired) electrons. The van der Waals surface area contributed by atoms with Crippen LogP contribution in [0.5, 0.6) is 0 Å². The van der Waals surface area contributed by atoms with Crippen molar-refractivity contribution < 1.29 is 0 Å². The van der Waals surface area contributed by atoms with E-state index in [4.69, 9.17) is 5.26 Å². The SMILES string of the molecule is Cc1ccc(P)c(C#N)c1. The second-order valence-electron chi connectivity index (χ2n) is 2.20. The molecule has 10 heavy (non-hydrogen) atoms. The standard InChI is InChI=1S/C8H8NP/c1-6-2-3-8(10)7(4-6)5-9/h2-4H,10H2,1H3. The molecule has 0 aliphatic carbocycles. The lowest BCUT2D eigenvalue weighted by Crippen LogP contribution is -1.96. The molecule has 1 rings (SSSR count). The van der Waals surface area contributed by atoms with Crippen LogP contribution < -0.4 is 5.30 Å². The fourth-order valence-electron chi connectivity index (χ4n) is 0.767. The van der Waals surface area contributed by atoms with Gasteiger partial charge in [0, 0.05) is 0 Å². The summed E-state index contributed by atoms with van der Waals surface area (Å²) >= 11 is 0. The first-order valence-electron chi connectivity index (χ1n) is 3.00. The molecule has 50 valence electrons. The first-order chi connectivity index (χ1) is 4.74. The van der Waals surface area contributed by atoms with Crippen molar-refractivity contribution in [2.24, 2.45) is 0 Å². The van der Waals surface area contributed by atoms with Gasteiger partial charge in [-0.2, -0.15) is 5.26 Å². The molecule has 1 aromatic carbocycles. The summed E-state index contributed by atoms with van der Waals surface area (Å²) < 4.78 is 0. The first-order valence-corrected chi connectivity index (χ1v) is 3.58. The Bertz CT molecular complexity index is 286.